The monoisotopic (exact) mass is 339 g/mol. The minimum atomic E-state index is -0.977. The van der Waals surface area contributed by atoms with Crippen molar-refractivity contribution in [2.45, 2.75) is 38.0 Å². The fourth-order valence-corrected chi connectivity index (χ4v) is 4.60. The Kier molecular flexibility index (Phi) is 3.41. The summed E-state index contributed by atoms with van der Waals surface area (Å²) < 4.78 is 6.13. The summed E-state index contributed by atoms with van der Waals surface area (Å²) in [6.07, 6.45) is 3.75. The molecule has 2 saturated heterocycles. The number of nitrogens with zero attached hydrogens (tertiary/aromatic N) is 1. The summed E-state index contributed by atoms with van der Waals surface area (Å²) in [5.41, 5.74) is 1.88. The van der Waals surface area contributed by atoms with Crippen molar-refractivity contribution in [2.24, 2.45) is 11.8 Å². The first-order valence-corrected chi connectivity index (χ1v) is 8.49. The quantitative estimate of drug-likeness (QED) is 0.857. The number of anilines is 1. The molecule has 1 amide bonds. The third-order valence-electron chi connectivity index (χ3n) is 5.53. The highest BCUT2D eigenvalue weighted by Crippen LogP contribution is 2.56. The largest absolute Gasteiger partial charge is 0.481 e. The van der Waals surface area contributed by atoms with Crippen LogP contribution in [0, 0.1) is 18.8 Å². The van der Waals surface area contributed by atoms with E-state index in [0.29, 0.717) is 6.42 Å². The molecule has 1 spiro atoms. The lowest BCUT2D eigenvalue weighted by atomic mass is 9.74. The molecule has 5 heteroatoms. The SMILES string of the molecule is C=C(C)CC1N(c2cccc(C)c2)C(=O)C2C(C(=O)O)C3C=CC21O3. The smallest absolute Gasteiger partial charge is 0.310 e. The fraction of sp³-hybridized carbons (Fsp3) is 0.400. The average Bonchev–Trinajstić information content (AvgIpc) is 3.16. The zero-order valence-electron chi connectivity index (χ0n) is 14.3. The van der Waals surface area contributed by atoms with Crippen molar-refractivity contribution in [3.05, 3.63) is 54.1 Å². The van der Waals surface area contributed by atoms with E-state index in [-0.39, 0.29) is 11.9 Å². The highest BCUT2D eigenvalue weighted by Gasteiger charge is 2.71. The highest BCUT2D eigenvalue weighted by atomic mass is 16.5. The van der Waals surface area contributed by atoms with E-state index in [2.05, 4.69) is 6.58 Å². The summed E-state index contributed by atoms with van der Waals surface area (Å²) in [6.45, 7) is 7.89. The van der Waals surface area contributed by atoms with E-state index in [0.717, 1.165) is 16.8 Å². The number of fused-ring (bicyclic) bond motifs is 1. The van der Waals surface area contributed by atoms with Crippen LogP contribution in [0.4, 0.5) is 5.69 Å². The van der Waals surface area contributed by atoms with Crippen molar-refractivity contribution in [2.75, 3.05) is 4.90 Å². The molecule has 2 bridgehead atoms. The van der Waals surface area contributed by atoms with Gasteiger partial charge in [0.25, 0.3) is 0 Å². The maximum atomic E-state index is 13.3. The third kappa shape index (κ3) is 2.12. The number of carbonyl (C=O) groups is 2. The molecule has 1 N–H and O–H groups in total. The molecule has 0 radical (unpaired) electrons. The van der Waals surface area contributed by atoms with Crippen molar-refractivity contribution in [1.29, 1.82) is 0 Å². The standard InChI is InChI=1S/C20H21NO4/c1-11(2)9-15-20-8-7-14(25-20)16(19(23)24)17(20)18(22)21(15)13-6-4-5-12(3)10-13/h4-8,10,14-17H,1,9H2,2-3H3,(H,23,24). The van der Waals surface area contributed by atoms with Gasteiger partial charge in [0.15, 0.2) is 0 Å². The van der Waals surface area contributed by atoms with Crippen LogP contribution in [0.15, 0.2) is 48.6 Å². The van der Waals surface area contributed by atoms with Gasteiger partial charge < -0.3 is 14.7 Å². The molecule has 3 aliphatic rings. The fourth-order valence-electron chi connectivity index (χ4n) is 4.60. The number of ether oxygens (including phenoxy) is 1. The molecule has 3 aliphatic heterocycles. The van der Waals surface area contributed by atoms with Crippen LogP contribution in [-0.2, 0) is 14.3 Å². The number of aryl methyl sites for hydroxylation is 1. The molecule has 5 unspecified atom stereocenters. The van der Waals surface area contributed by atoms with Crippen LogP contribution in [0.2, 0.25) is 0 Å². The Morgan fingerprint density at radius 3 is 2.84 bits per heavy atom. The Morgan fingerprint density at radius 1 is 1.44 bits per heavy atom. The number of hydrogen-bond donors (Lipinski definition) is 1. The van der Waals surface area contributed by atoms with Gasteiger partial charge >= 0.3 is 5.97 Å². The molecular weight excluding hydrogens is 318 g/mol. The predicted molar refractivity (Wildman–Crippen MR) is 93.2 cm³/mol. The van der Waals surface area contributed by atoms with Crippen LogP contribution in [0.1, 0.15) is 18.9 Å². The maximum Gasteiger partial charge on any atom is 0.310 e. The van der Waals surface area contributed by atoms with Gasteiger partial charge in [0.2, 0.25) is 5.91 Å². The Morgan fingerprint density at radius 2 is 2.20 bits per heavy atom. The number of rotatable bonds is 4. The van der Waals surface area contributed by atoms with Crippen LogP contribution in [0.25, 0.3) is 0 Å². The summed E-state index contributed by atoms with van der Waals surface area (Å²) in [6, 6.07) is 7.44. The second kappa shape index (κ2) is 5.30. The van der Waals surface area contributed by atoms with Gasteiger partial charge in [-0.2, -0.15) is 0 Å². The van der Waals surface area contributed by atoms with E-state index >= 15 is 0 Å². The number of benzene rings is 1. The van der Waals surface area contributed by atoms with E-state index in [1.165, 1.54) is 0 Å². The summed E-state index contributed by atoms with van der Waals surface area (Å²) in [5.74, 6) is -2.67. The lowest BCUT2D eigenvalue weighted by Gasteiger charge is -2.33. The molecule has 3 heterocycles. The Balaban J connectivity index is 1.85. The summed E-state index contributed by atoms with van der Waals surface area (Å²) in [7, 11) is 0. The van der Waals surface area contributed by atoms with Crippen LogP contribution >= 0.6 is 0 Å². The van der Waals surface area contributed by atoms with Crippen molar-refractivity contribution in [3.8, 4) is 0 Å². The van der Waals surface area contributed by atoms with Crippen molar-refractivity contribution in [3.63, 3.8) is 0 Å². The number of aliphatic carboxylic acids is 1. The molecule has 0 aromatic heterocycles. The molecule has 5 nitrogen and oxygen atoms in total. The molecule has 0 aliphatic carbocycles. The Labute approximate surface area is 146 Å². The average molecular weight is 339 g/mol. The maximum absolute atomic E-state index is 13.3. The lowest BCUT2D eigenvalue weighted by molar-refractivity contribution is -0.146. The molecule has 4 rings (SSSR count). The summed E-state index contributed by atoms with van der Waals surface area (Å²) >= 11 is 0. The Bertz CT molecular complexity index is 814. The van der Waals surface area contributed by atoms with Crippen molar-refractivity contribution in [1.82, 2.24) is 0 Å². The van der Waals surface area contributed by atoms with Gasteiger partial charge in [0.1, 0.15) is 11.5 Å². The summed E-state index contributed by atoms with van der Waals surface area (Å²) in [5, 5.41) is 9.66. The minimum absolute atomic E-state index is 0.170. The van der Waals surface area contributed by atoms with Gasteiger partial charge in [-0.05, 0) is 38.0 Å². The van der Waals surface area contributed by atoms with Crippen molar-refractivity contribution < 1.29 is 19.4 Å². The Hall–Kier alpha value is -2.40. The highest BCUT2D eigenvalue weighted by molar-refractivity contribution is 6.03. The van der Waals surface area contributed by atoms with Crippen LogP contribution < -0.4 is 4.90 Å². The van der Waals surface area contributed by atoms with Gasteiger partial charge in [0, 0.05) is 5.69 Å². The van der Waals surface area contributed by atoms with Crippen molar-refractivity contribution >= 4 is 17.6 Å². The van der Waals surface area contributed by atoms with Gasteiger partial charge in [-0.25, -0.2) is 0 Å². The first-order valence-electron chi connectivity index (χ1n) is 8.49. The summed E-state index contributed by atoms with van der Waals surface area (Å²) in [4.78, 5) is 26.8. The lowest BCUT2D eigenvalue weighted by Crippen LogP contribution is -2.45. The molecule has 25 heavy (non-hydrogen) atoms. The van der Waals surface area contributed by atoms with E-state index < -0.39 is 29.5 Å². The topological polar surface area (TPSA) is 66.8 Å². The molecule has 1 aromatic rings. The van der Waals surface area contributed by atoms with Crippen LogP contribution in [0.3, 0.4) is 0 Å². The first kappa shape index (κ1) is 16.1. The normalized spacial score (nSPS) is 35.3. The van der Waals surface area contributed by atoms with E-state index in [1.54, 1.807) is 11.0 Å². The van der Waals surface area contributed by atoms with Gasteiger partial charge in [-0.3, -0.25) is 9.59 Å². The number of hydrogen-bond acceptors (Lipinski definition) is 3. The second-order valence-corrected chi connectivity index (χ2v) is 7.36. The third-order valence-corrected chi connectivity index (χ3v) is 5.53. The minimum Gasteiger partial charge on any atom is -0.481 e. The number of amides is 1. The van der Waals surface area contributed by atoms with Gasteiger partial charge in [0.05, 0.1) is 18.1 Å². The molecule has 1 aromatic carbocycles. The molecule has 130 valence electrons. The zero-order chi connectivity index (χ0) is 17.9. The molecule has 5 atom stereocenters. The van der Waals surface area contributed by atoms with E-state index in [4.69, 9.17) is 4.74 Å². The number of carboxylic acid groups (broad SMARTS) is 1. The van der Waals surface area contributed by atoms with Crippen LogP contribution in [-0.4, -0.2) is 34.7 Å². The predicted octanol–water partition coefficient (Wildman–Crippen LogP) is 2.70. The molecular formula is C20H21NO4. The number of carboxylic acids is 1. The van der Waals surface area contributed by atoms with Crippen LogP contribution in [0.5, 0.6) is 0 Å². The molecule has 2 fully saturated rings. The van der Waals surface area contributed by atoms with E-state index in [9.17, 15) is 14.7 Å². The van der Waals surface area contributed by atoms with E-state index in [1.807, 2.05) is 44.2 Å². The molecule has 0 saturated carbocycles. The zero-order valence-corrected chi connectivity index (χ0v) is 14.3. The number of carbonyl (C=O) groups excluding carboxylic acids is 1. The first-order chi connectivity index (χ1) is 11.8. The second-order valence-electron chi connectivity index (χ2n) is 7.36. The van der Waals surface area contributed by atoms with Gasteiger partial charge in [-0.1, -0.05) is 29.9 Å². The van der Waals surface area contributed by atoms with Gasteiger partial charge in [-0.15, -0.1) is 6.58 Å².